The van der Waals surface area contributed by atoms with Crippen molar-refractivity contribution in [2.45, 2.75) is 44.9 Å². The van der Waals surface area contributed by atoms with Gasteiger partial charge in [0.1, 0.15) is 11.6 Å². The van der Waals surface area contributed by atoms with Gasteiger partial charge in [0.15, 0.2) is 0 Å². The molecule has 3 saturated carbocycles. The normalized spacial score (nSPS) is 44.7. The van der Waals surface area contributed by atoms with Crippen LogP contribution >= 0.6 is 0 Å². The Labute approximate surface area is 128 Å². The van der Waals surface area contributed by atoms with Crippen molar-refractivity contribution in [3.63, 3.8) is 0 Å². The molecule has 0 radical (unpaired) electrons. The highest BCUT2D eigenvalue weighted by Crippen LogP contribution is 2.49. The first kappa shape index (κ1) is 14.1. The molecule has 0 bridgehead atoms. The van der Waals surface area contributed by atoms with Crippen molar-refractivity contribution < 1.29 is 23.9 Å². The van der Waals surface area contributed by atoms with Gasteiger partial charge in [-0.3, -0.25) is 19.2 Å². The number of hydrogen-bond donors (Lipinski definition) is 0. The molecule has 6 unspecified atom stereocenters. The Kier molecular flexibility index (Phi) is 3.20. The predicted octanol–water partition coefficient (Wildman–Crippen LogP) is 1.68. The van der Waals surface area contributed by atoms with Crippen LogP contribution in [0.25, 0.3) is 0 Å². The number of hydrogen-bond acceptors (Lipinski definition) is 5. The highest BCUT2D eigenvalue weighted by atomic mass is 16.6. The molecule has 0 aromatic rings. The first-order chi connectivity index (χ1) is 10.5. The maximum absolute atomic E-state index is 12.0. The fraction of sp³-hybridized carbons (Fsp3) is 0.765. The number of Topliss-reactive ketones (excluding diaryl/α,β-unsaturated/α-hetero) is 2. The molecule has 6 atom stereocenters. The molecule has 5 heteroatoms. The van der Waals surface area contributed by atoms with E-state index >= 15 is 0 Å². The van der Waals surface area contributed by atoms with E-state index in [1.807, 2.05) is 0 Å². The van der Waals surface area contributed by atoms with Crippen molar-refractivity contribution in [2.75, 3.05) is 0 Å². The zero-order valence-corrected chi connectivity index (χ0v) is 12.5. The van der Waals surface area contributed by atoms with Crippen LogP contribution in [-0.2, 0) is 23.9 Å². The van der Waals surface area contributed by atoms with Gasteiger partial charge in [-0.1, -0.05) is 0 Å². The minimum absolute atomic E-state index is 0.0434. The molecule has 1 saturated heterocycles. The Morgan fingerprint density at radius 1 is 0.636 bits per heavy atom. The molecule has 0 N–H and O–H groups in total. The van der Waals surface area contributed by atoms with Crippen molar-refractivity contribution in [3.8, 4) is 0 Å². The molecule has 5 nitrogen and oxygen atoms in total. The van der Waals surface area contributed by atoms with Gasteiger partial charge in [-0.15, -0.1) is 0 Å². The molecule has 0 amide bonds. The Hall–Kier alpha value is -1.52. The second-order valence-corrected chi connectivity index (χ2v) is 7.42. The molecule has 0 aromatic heterocycles. The summed E-state index contributed by atoms with van der Waals surface area (Å²) >= 11 is 0. The summed E-state index contributed by atoms with van der Waals surface area (Å²) in [7, 11) is 0. The monoisotopic (exact) mass is 304 g/mol. The van der Waals surface area contributed by atoms with E-state index in [9.17, 15) is 19.2 Å². The lowest BCUT2D eigenvalue weighted by Gasteiger charge is -2.38. The Balaban J connectivity index is 1.45. The summed E-state index contributed by atoms with van der Waals surface area (Å²) in [6.07, 6.45) is 5.04. The summed E-state index contributed by atoms with van der Waals surface area (Å²) in [6, 6.07) is 0. The predicted molar refractivity (Wildman–Crippen MR) is 74.4 cm³/mol. The van der Waals surface area contributed by atoms with Crippen molar-refractivity contribution >= 4 is 23.5 Å². The van der Waals surface area contributed by atoms with E-state index in [0.29, 0.717) is 18.3 Å². The Morgan fingerprint density at radius 3 is 1.91 bits per heavy atom. The summed E-state index contributed by atoms with van der Waals surface area (Å²) in [6.45, 7) is 0. The minimum Gasteiger partial charge on any atom is -0.393 e. The van der Waals surface area contributed by atoms with Gasteiger partial charge in [-0.05, 0) is 50.4 Å². The fourth-order valence-corrected chi connectivity index (χ4v) is 5.23. The number of ether oxygens (including phenoxy) is 1. The first-order valence-corrected chi connectivity index (χ1v) is 8.35. The molecule has 4 rings (SSSR count). The second-order valence-electron chi connectivity index (χ2n) is 7.42. The van der Waals surface area contributed by atoms with Gasteiger partial charge in [-0.2, -0.15) is 0 Å². The van der Waals surface area contributed by atoms with E-state index < -0.39 is 0 Å². The smallest absolute Gasteiger partial charge is 0.317 e. The van der Waals surface area contributed by atoms with E-state index in [2.05, 4.69) is 0 Å². The van der Waals surface area contributed by atoms with Crippen LogP contribution in [0, 0.1) is 35.5 Å². The maximum Gasteiger partial charge on any atom is 0.317 e. The summed E-state index contributed by atoms with van der Waals surface area (Å²) in [4.78, 5) is 47.2. The third-order valence-corrected chi connectivity index (χ3v) is 6.43. The molecule has 1 aliphatic heterocycles. The van der Waals surface area contributed by atoms with Gasteiger partial charge in [0, 0.05) is 11.8 Å². The summed E-state index contributed by atoms with van der Waals surface area (Å²) in [5, 5.41) is 0. The molecule has 22 heavy (non-hydrogen) atoms. The van der Waals surface area contributed by atoms with Gasteiger partial charge >= 0.3 is 11.9 Å². The highest BCUT2D eigenvalue weighted by molar-refractivity contribution is 6.08. The molecule has 4 fully saturated rings. The van der Waals surface area contributed by atoms with E-state index in [0.717, 1.165) is 32.1 Å². The molecule has 118 valence electrons. The number of carbonyl (C=O) groups excluding carboxylic acids is 4. The molecule has 0 aromatic carbocycles. The third-order valence-electron chi connectivity index (χ3n) is 6.43. The van der Waals surface area contributed by atoms with Crippen LogP contribution in [0.3, 0.4) is 0 Å². The van der Waals surface area contributed by atoms with Crippen LogP contribution in [0.4, 0.5) is 0 Å². The van der Waals surface area contributed by atoms with Gasteiger partial charge in [0.05, 0.1) is 18.3 Å². The van der Waals surface area contributed by atoms with Gasteiger partial charge in [0.2, 0.25) is 0 Å². The quantitative estimate of drug-likeness (QED) is 0.544. The van der Waals surface area contributed by atoms with Crippen molar-refractivity contribution in [2.24, 2.45) is 35.5 Å². The molecule has 0 spiro atoms. The lowest BCUT2D eigenvalue weighted by Crippen LogP contribution is -2.35. The number of carbonyl (C=O) groups is 4. The highest BCUT2D eigenvalue weighted by Gasteiger charge is 2.51. The van der Waals surface area contributed by atoms with Crippen molar-refractivity contribution in [1.82, 2.24) is 0 Å². The van der Waals surface area contributed by atoms with Crippen LogP contribution < -0.4 is 0 Å². The zero-order valence-electron chi connectivity index (χ0n) is 12.5. The van der Waals surface area contributed by atoms with Crippen molar-refractivity contribution in [1.29, 1.82) is 0 Å². The SMILES string of the molecule is O=C1CC(=O)C2CC(C3CCC4C(=O)OC(=O)C4C3)CCC12. The van der Waals surface area contributed by atoms with E-state index in [-0.39, 0.29) is 53.6 Å². The van der Waals surface area contributed by atoms with Gasteiger partial charge < -0.3 is 4.74 Å². The minimum atomic E-state index is -0.361. The number of rotatable bonds is 1. The van der Waals surface area contributed by atoms with E-state index in [4.69, 9.17) is 4.74 Å². The van der Waals surface area contributed by atoms with E-state index in [1.165, 1.54) is 0 Å². The van der Waals surface area contributed by atoms with Gasteiger partial charge in [0.25, 0.3) is 0 Å². The second kappa shape index (κ2) is 5.00. The molecular weight excluding hydrogens is 284 g/mol. The average Bonchev–Trinajstić information content (AvgIpc) is 2.96. The van der Waals surface area contributed by atoms with Crippen LogP contribution in [0.1, 0.15) is 44.9 Å². The first-order valence-electron chi connectivity index (χ1n) is 8.35. The Bertz CT molecular complexity index is 515. The number of fused-ring (bicyclic) bond motifs is 2. The summed E-state index contributed by atoms with van der Waals surface area (Å²) in [5.74, 6) is -0.330. The average molecular weight is 304 g/mol. The number of esters is 2. The lowest BCUT2D eigenvalue weighted by molar-refractivity contribution is -0.153. The fourth-order valence-electron chi connectivity index (χ4n) is 5.23. The van der Waals surface area contributed by atoms with E-state index in [1.54, 1.807) is 0 Å². The topological polar surface area (TPSA) is 77.5 Å². The van der Waals surface area contributed by atoms with Crippen molar-refractivity contribution in [3.05, 3.63) is 0 Å². The van der Waals surface area contributed by atoms with Crippen LogP contribution in [0.15, 0.2) is 0 Å². The Morgan fingerprint density at radius 2 is 1.18 bits per heavy atom. The van der Waals surface area contributed by atoms with Crippen LogP contribution in [0.2, 0.25) is 0 Å². The number of cyclic esters (lactones) is 2. The summed E-state index contributed by atoms with van der Waals surface area (Å²) in [5.41, 5.74) is 0. The largest absolute Gasteiger partial charge is 0.393 e. The third kappa shape index (κ3) is 2.05. The summed E-state index contributed by atoms with van der Waals surface area (Å²) < 4.78 is 4.77. The van der Waals surface area contributed by atoms with Crippen LogP contribution in [-0.4, -0.2) is 23.5 Å². The number of ketones is 2. The maximum atomic E-state index is 12.0. The molecule has 4 aliphatic rings. The lowest BCUT2D eigenvalue weighted by atomic mass is 9.64. The molecule has 3 aliphatic carbocycles. The molecular formula is C17H20O5. The zero-order chi connectivity index (χ0) is 15.4. The van der Waals surface area contributed by atoms with Gasteiger partial charge in [-0.25, -0.2) is 0 Å². The molecule has 1 heterocycles. The van der Waals surface area contributed by atoms with Crippen LogP contribution in [0.5, 0.6) is 0 Å². The standard InChI is InChI=1S/C17H20O5/c18-14-7-15(19)12-5-8(1-3-10(12)14)9-2-4-11-13(6-9)17(21)22-16(11)20/h8-13H,1-7H2.